The van der Waals surface area contributed by atoms with E-state index in [0.717, 1.165) is 52.6 Å². The summed E-state index contributed by atoms with van der Waals surface area (Å²) >= 11 is 0. The molecule has 2 heterocycles. The van der Waals surface area contributed by atoms with E-state index < -0.39 is 0 Å². The Labute approximate surface area is 114 Å². The largest absolute Gasteiger partial charge is 0.379 e. The smallest absolute Gasteiger partial charge is 0.0918 e. The van der Waals surface area contributed by atoms with Crippen LogP contribution in [0.1, 0.15) is 0 Å². The van der Waals surface area contributed by atoms with Crippen LogP contribution in [-0.2, 0) is 23.9 Å². The van der Waals surface area contributed by atoms with E-state index in [-0.39, 0.29) is 0 Å². The highest BCUT2D eigenvalue weighted by Crippen LogP contribution is 1.98. The van der Waals surface area contributed by atoms with Crippen LogP contribution >= 0.6 is 0 Å². The highest BCUT2D eigenvalue weighted by Gasteiger charge is 2.11. The lowest BCUT2D eigenvalue weighted by Crippen LogP contribution is -2.37. The minimum atomic E-state index is 0.581. The first-order valence-corrected chi connectivity index (χ1v) is 6.94. The standard InChI is InChI=1S/C12H24N2O5/c1-5-15-6-2-13(1)18-11-9-17-10-12-19-14-3-7-16-8-4-14/h1-12H2. The summed E-state index contributed by atoms with van der Waals surface area (Å²) in [6, 6.07) is 0. The van der Waals surface area contributed by atoms with Crippen molar-refractivity contribution in [2.45, 2.75) is 0 Å². The third kappa shape index (κ3) is 6.62. The molecule has 0 bridgehead atoms. The van der Waals surface area contributed by atoms with Gasteiger partial charge in [0.25, 0.3) is 0 Å². The zero-order valence-electron chi connectivity index (χ0n) is 11.4. The molecule has 0 aromatic heterocycles. The summed E-state index contributed by atoms with van der Waals surface area (Å²) in [7, 11) is 0. The van der Waals surface area contributed by atoms with Crippen molar-refractivity contribution in [2.75, 3.05) is 79.0 Å². The lowest BCUT2D eigenvalue weighted by atomic mass is 10.5. The first-order chi connectivity index (χ1) is 9.45. The van der Waals surface area contributed by atoms with Gasteiger partial charge in [0.2, 0.25) is 0 Å². The van der Waals surface area contributed by atoms with Crippen molar-refractivity contribution < 1.29 is 23.9 Å². The molecule has 112 valence electrons. The Hall–Kier alpha value is -0.280. The number of nitrogens with zero attached hydrogens (tertiary/aromatic N) is 2. The summed E-state index contributed by atoms with van der Waals surface area (Å²) < 4.78 is 15.9. The fourth-order valence-corrected chi connectivity index (χ4v) is 1.90. The highest BCUT2D eigenvalue weighted by molar-refractivity contribution is 4.52. The molecule has 0 aromatic carbocycles. The van der Waals surface area contributed by atoms with Gasteiger partial charge in [-0.3, -0.25) is 9.68 Å². The van der Waals surface area contributed by atoms with Crippen LogP contribution in [0, 0.1) is 0 Å². The molecule has 0 radical (unpaired) electrons. The van der Waals surface area contributed by atoms with Crippen molar-refractivity contribution >= 4 is 0 Å². The van der Waals surface area contributed by atoms with Crippen LogP contribution in [-0.4, -0.2) is 89.2 Å². The van der Waals surface area contributed by atoms with Crippen molar-refractivity contribution in [3.05, 3.63) is 0 Å². The van der Waals surface area contributed by atoms with Gasteiger partial charge in [-0.2, -0.15) is 10.1 Å². The fraction of sp³-hybridized carbons (Fsp3) is 1.00. The molecule has 2 rings (SSSR count). The van der Waals surface area contributed by atoms with Gasteiger partial charge in [0.1, 0.15) is 0 Å². The molecule has 7 nitrogen and oxygen atoms in total. The first-order valence-electron chi connectivity index (χ1n) is 6.94. The van der Waals surface area contributed by atoms with Crippen LogP contribution in [0.25, 0.3) is 0 Å². The van der Waals surface area contributed by atoms with Crippen LogP contribution in [0.15, 0.2) is 0 Å². The number of hydrogen-bond donors (Lipinski definition) is 0. The van der Waals surface area contributed by atoms with Gasteiger partial charge in [0, 0.05) is 26.2 Å². The van der Waals surface area contributed by atoms with E-state index in [1.165, 1.54) is 0 Å². The van der Waals surface area contributed by atoms with E-state index in [0.29, 0.717) is 26.4 Å². The van der Waals surface area contributed by atoms with Gasteiger partial charge in [0.15, 0.2) is 0 Å². The fourth-order valence-electron chi connectivity index (χ4n) is 1.90. The van der Waals surface area contributed by atoms with Gasteiger partial charge in [0.05, 0.1) is 52.9 Å². The normalized spacial score (nSPS) is 22.7. The molecule has 0 saturated carbocycles. The maximum absolute atomic E-state index is 5.54. The third-order valence-corrected chi connectivity index (χ3v) is 2.94. The van der Waals surface area contributed by atoms with E-state index >= 15 is 0 Å². The average Bonchev–Trinajstić information content (AvgIpc) is 2.48. The molecule has 19 heavy (non-hydrogen) atoms. The van der Waals surface area contributed by atoms with E-state index in [2.05, 4.69) is 0 Å². The number of hydrogen-bond acceptors (Lipinski definition) is 7. The third-order valence-electron chi connectivity index (χ3n) is 2.94. The lowest BCUT2D eigenvalue weighted by Gasteiger charge is -2.26. The number of ether oxygens (including phenoxy) is 3. The Morgan fingerprint density at radius 1 is 0.632 bits per heavy atom. The van der Waals surface area contributed by atoms with Crippen LogP contribution in [0.4, 0.5) is 0 Å². The molecular formula is C12H24N2O5. The van der Waals surface area contributed by atoms with Crippen LogP contribution in [0.5, 0.6) is 0 Å². The molecule has 0 aromatic rings. The number of hydroxylamine groups is 4. The molecule has 2 saturated heterocycles. The Balaban J connectivity index is 1.35. The minimum absolute atomic E-state index is 0.581. The van der Waals surface area contributed by atoms with Gasteiger partial charge in [-0.05, 0) is 0 Å². The van der Waals surface area contributed by atoms with Crippen LogP contribution < -0.4 is 0 Å². The summed E-state index contributed by atoms with van der Waals surface area (Å²) in [4.78, 5) is 11.1. The molecule has 0 amide bonds. The Bertz CT molecular complexity index is 198. The predicted octanol–water partition coefficient (Wildman–Crippen LogP) is -0.469. The molecule has 0 atom stereocenters. The first kappa shape index (κ1) is 15.1. The van der Waals surface area contributed by atoms with Crippen LogP contribution in [0.2, 0.25) is 0 Å². The van der Waals surface area contributed by atoms with Crippen molar-refractivity contribution in [3.63, 3.8) is 0 Å². The molecule has 0 unspecified atom stereocenters. The summed E-state index contributed by atoms with van der Waals surface area (Å²) in [5.74, 6) is 0. The lowest BCUT2D eigenvalue weighted by molar-refractivity contribution is -0.212. The molecule has 0 aliphatic carbocycles. The van der Waals surface area contributed by atoms with Gasteiger partial charge in [-0.25, -0.2) is 0 Å². The highest BCUT2D eigenvalue weighted by atomic mass is 16.7. The second-order valence-electron chi connectivity index (χ2n) is 4.36. The zero-order valence-corrected chi connectivity index (χ0v) is 11.4. The van der Waals surface area contributed by atoms with Gasteiger partial charge < -0.3 is 14.2 Å². The average molecular weight is 276 g/mol. The van der Waals surface area contributed by atoms with Gasteiger partial charge >= 0.3 is 0 Å². The van der Waals surface area contributed by atoms with E-state index in [1.807, 2.05) is 10.1 Å². The topological polar surface area (TPSA) is 52.6 Å². The number of rotatable bonds is 8. The Kier molecular flexibility index (Phi) is 7.63. The molecular weight excluding hydrogens is 252 g/mol. The Morgan fingerprint density at radius 2 is 1.05 bits per heavy atom. The number of morpholine rings is 2. The zero-order chi connectivity index (χ0) is 13.2. The summed E-state index contributed by atoms with van der Waals surface area (Å²) in [5, 5.41) is 3.86. The molecule has 0 N–H and O–H groups in total. The summed E-state index contributed by atoms with van der Waals surface area (Å²) in [6.45, 7) is 8.65. The summed E-state index contributed by atoms with van der Waals surface area (Å²) in [6.07, 6.45) is 0. The summed E-state index contributed by atoms with van der Waals surface area (Å²) in [5.41, 5.74) is 0. The van der Waals surface area contributed by atoms with Gasteiger partial charge in [-0.15, -0.1) is 0 Å². The SMILES string of the molecule is C(CON1CCOCC1)OCCON1CCOCC1. The van der Waals surface area contributed by atoms with Crippen LogP contribution in [0.3, 0.4) is 0 Å². The van der Waals surface area contributed by atoms with E-state index in [4.69, 9.17) is 23.9 Å². The maximum Gasteiger partial charge on any atom is 0.0918 e. The van der Waals surface area contributed by atoms with E-state index in [9.17, 15) is 0 Å². The molecule has 7 heteroatoms. The van der Waals surface area contributed by atoms with Crippen molar-refractivity contribution in [1.82, 2.24) is 10.1 Å². The Morgan fingerprint density at radius 3 is 1.47 bits per heavy atom. The predicted molar refractivity (Wildman–Crippen MR) is 67.5 cm³/mol. The monoisotopic (exact) mass is 276 g/mol. The minimum Gasteiger partial charge on any atom is -0.379 e. The quantitative estimate of drug-likeness (QED) is 0.556. The molecule has 2 fully saturated rings. The molecule has 2 aliphatic rings. The van der Waals surface area contributed by atoms with Crippen molar-refractivity contribution in [3.8, 4) is 0 Å². The molecule has 2 aliphatic heterocycles. The maximum atomic E-state index is 5.54. The molecule has 0 spiro atoms. The van der Waals surface area contributed by atoms with Gasteiger partial charge in [-0.1, -0.05) is 0 Å². The van der Waals surface area contributed by atoms with E-state index in [1.54, 1.807) is 0 Å². The van der Waals surface area contributed by atoms with Crippen molar-refractivity contribution in [2.24, 2.45) is 0 Å². The van der Waals surface area contributed by atoms with Crippen molar-refractivity contribution in [1.29, 1.82) is 0 Å². The second kappa shape index (κ2) is 9.60. The second-order valence-corrected chi connectivity index (χ2v) is 4.36.